The van der Waals surface area contributed by atoms with Gasteiger partial charge in [-0.05, 0) is 49.2 Å². The lowest BCUT2D eigenvalue weighted by Crippen LogP contribution is -2.12. The van der Waals surface area contributed by atoms with Gasteiger partial charge in [0.05, 0.1) is 19.9 Å². The second-order valence-corrected chi connectivity index (χ2v) is 6.84. The Morgan fingerprint density at radius 1 is 1.04 bits per heavy atom. The molecule has 2 aromatic carbocycles. The number of anilines is 3. The molecule has 7 heteroatoms. The lowest BCUT2D eigenvalue weighted by molar-refractivity contribution is 0.102. The maximum Gasteiger partial charge on any atom is 0.275 e. The van der Waals surface area contributed by atoms with Crippen LogP contribution >= 0.6 is 11.3 Å². The minimum atomic E-state index is -0.246. The number of aryl methyl sites for hydroxylation is 2. The summed E-state index contributed by atoms with van der Waals surface area (Å²) in [6.45, 7) is 4.05. The predicted octanol–water partition coefficient (Wildman–Crippen LogP) is 4.77. The first kappa shape index (κ1) is 18.7. The molecule has 0 fully saturated rings. The number of methoxy groups -OCH3 is 2. The highest BCUT2D eigenvalue weighted by Gasteiger charge is 2.13. The van der Waals surface area contributed by atoms with E-state index in [4.69, 9.17) is 9.47 Å². The molecular formula is C20H21N3O3S. The Balaban J connectivity index is 1.72. The van der Waals surface area contributed by atoms with E-state index in [9.17, 15) is 4.79 Å². The van der Waals surface area contributed by atoms with E-state index >= 15 is 0 Å². The number of rotatable bonds is 6. The van der Waals surface area contributed by atoms with E-state index in [0.29, 0.717) is 22.3 Å². The Morgan fingerprint density at radius 2 is 1.85 bits per heavy atom. The lowest BCUT2D eigenvalue weighted by atomic mass is 10.1. The Morgan fingerprint density at radius 3 is 2.56 bits per heavy atom. The van der Waals surface area contributed by atoms with Gasteiger partial charge in [0.2, 0.25) is 0 Å². The van der Waals surface area contributed by atoms with Crippen molar-refractivity contribution in [1.82, 2.24) is 4.98 Å². The minimum absolute atomic E-state index is 0.246. The number of nitrogens with one attached hydrogen (secondary N) is 2. The normalized spacial score (nSPS) is 10.4. The Kier molecular flexibility index (Phi) is 5.61. The van der Waals surface area contributed by atoms with Gasteiger partial charge in [-0.1, -0.05) is 6.07 Å². The summed E-state index contributed by atoms with van der Waals surface area (Å²) in [6.07, 6.45) is 0. The van der Waals surface area contributed by atoms with Crippen LogP contribution in [0, 0.1) is 13.8 Å². The number of hydrogen-bond acceptors (Lipinski definition) is 6. The van der Waals surface area contributed by atoms with Gasteiger partial charge in [0.15, 0.2) is 5.13 Å². The summed E-state index contributed by atoms with van der Waals surface area (Å²) in [5.41, 5.74) is 4.16. The first-order valence-corrected chi connectivity index (χ1v) is 9.21. The molecule has 1 heterocycles. The van der Waals surface area contributed by atoms with Gasteiger partial charge in [0.1, 0.15) is 17.2 Å². The zero-order valence-electron chi connectivity index (χ0n) is 15.6. The second-order valence-electron chi connectivity index (χ2n) is 5.98. The molecule has 0 atom stereocenters. The van der Waals surface area contributed by atoms with E-state index in [0.717, 1.165) is 16.9 Å². The van der Waals surface area contributed by atoms with Crippen LogP contribution in [0.2, 0.25) is 0 Å². The molecular weight excluding hydrogens is 362 g/mol. The first-order chi connectivity index (χ1) is 13.0. The summed E-state index contributed by atoms with van der Waals surface area (Å²) in [5, 5.41) is 8.37. The van der Waals surface area contributed by atoms with Gasteiger partial charge in [0, 0.05) is 17.1 Å². The van der Waals surface area contributed by atoms with Crippen LogP contribution in [0.25, 0.3) is 0 Å². The van der Waals surface area contributed by atoms with Gasteiger partial charge >= 0.3 is 0 Å². The van der Waals surface area contributed by atoms with Crippen molar-refractivity contribution < 1.29 is 14.3 Å². The highest BCUT2D eigenvalue weighted by atomic mass is 32.1. The van der Waals surface area contributed by atoms with Crippen LogP contribution < -0.4 is 20.1 Å². The summed E-state index contributed by atoms with van der Waals surface area (Å²) < 4.78 is 10.6. The highest BCUT2D eigenvalue weighted by Crippen LogP contribution is 2.32. The van der Waals surface area contributed by atoms with E-state index in [1.165, 1.54) is 16.9 Å². The molecule has 0 aliphatic carbocycles. The average Bonchev–Trinajstić information content (AvgIpc) is 3.14. The minimum Gasteiger partial charge on any atom is -0.497 e. The Bertz CT molecular complexity index is 969. The average molecular weight is 383 g/mol. The van der Waals surface area contributed by atoms with E-state index in [1.54, 1.807) is 25.7 Å². The summed E-state index contributed by atoms with van der Waals surface area (Å²) in [4.78, 5) is 16.8. The maximum atomic E-state index is 12.4. The highest BCUT2D eigenvalue weighted by molar-refractivity contribution is 7.14. The van der Waals surface area contributed by atoms with Gasteiger partial charge in [0.25, 0.3) is 5.91 Å². The number of amides is 1. The van der Waals surface area contributed by atoms with Crippen molar-refractivity contribution in [3.8, 4) is 11.5 Å². The molecule has 6 nitrogen and oxygen atoms in total. The third-order valence-electron chi connectivity index (χ3n) is 4.15. The van der Waals surface area contributed by atoms with Crippen molar-refractivity contribution in [1.29, 1.82) is 0 Å². The molecule has 0 bridgehead atoms. The van der Waals surface area contributed by atoms with Crippen molar-refractivity contribution in [2.24, 2.45) is 0 Å². The van der Waals surface area contributed by atoms with Crippen LogP contribution in [0.3, 0.4) is 0 Å². The molecule has 0 aliphatic heterocycles. The predicted molar refractivity (Wildman–Crippen MR) is 109 cm³/mol. The Labute approximate surface area is 162 Å². The molecule has 0 spiro atoms. The number of ether oxygens (including phenoxy) is 2. The molecule has 0 saturated heterocycles. The van der Waals surface area contributed by atoms with E-state index in [-0.39, 0.29) is 5.91 Å². The monoisotopic (exact) mass is 383 g/mol. The van der Waals surface area contributed by atoms with E-state index < -0.39 is 0 Å². The lowest BCUT2D eigenvalue weighted by Gasteiger charge is -2.10. The topological polar surface area (TPSA) is 72.5 Å². The molecule has 140 valence electrons. The first-order valence-electron chi connectivity index (χ1n) is 8.33. The van der Waals surface area contributed by atoms with Crippen LogP contribution in [0.1, 0.15) is 21.6 Å². The van der Waals surface area contributed by atoms with Gasteiger partial charge in [-0.2, -0.15) is 0 Å². The number of carbonyl (C=O) groups excluding carboxylic acids is 1. The summed E-state index contributed by atoms with van der Waals surface area (Å²) in [6, 6.07) is 11.3. The fourth-order valence-corrected chi connectivity index (χ4v) is 3.17. The van der Waals surface area contributed by atoms with Crippen molar-refractivity contribution in [3.63, 3.8) is 0 Å². The summed E-state index contributed by atoms with van der Waals surface area (Å²) in [7, 11) is 3.19. The van der Waals surface area contributed by atoms with Crippen LogP contribution in [-0.2, 0) is 0 Å². The fourth-order valence-electron chi connectivity index (χ4n) is 2.47. The number of nitrogens with zero attached hydrogens (tertiary/aromatic N) is 1. The van der Waals surface area contributed by atoms with Crippen molar-refractivity contribution >= 4 is 33.8 Å². The molecule has 3 rings (SSSR count). The summed E-state index contributed by atoms with van der Waals surface area (Å²) in [5.74, 6) is 1.08. The molecule has 0 radical (unpaired) electrons. The quantitative estimate of drug-likeness (QED) is 0.641. The number of aromatic nitrogens is 1. The largest absolute Gasteiger partial charge is 0.497 e. The second kappa shape index (κ2) is 8.09. The zero-order chi connectivity index (χ0) is 19.4. The zero-order valence-corrected chi connectivity index (χ0v) is 16.4. The van der Waals surface area contributed by atoms with Crippen LogP contribution in [0.15, 0.2) is 41.8 Å². The van der Waals surface area contributed by atoms with E-state index in [1.807, 2.05) is 44.2 Å². The van der Waals surface area contributed by atoms with Crippen molar-refractivity contribution in [2.45, 2.75) is 13.8 Å². The number of thiazole rings is 1. The number of benzene rings is 2. The Hall–Kier alpha value is -3.06. The SMILES string of the molecule is COc1ccc(Nc2nc(C(=O)Nc3ccc(C)c(C)c3)cs2)c(OC)c1. The molecule has 3 aromatic rings. The maximum absolute atomic E-state index is 12.4. The number of carbonyl (C=O) groups is 1. The number of hydrogen-bond donors (Lipinski definition) is 2. The van der Waals surface area contributed by atoms with Gasteiger partial charge in [-0.15, -0.1) is 11.3 Å². The molecule has 27 heavy (non-hydrogen) atoms. The molecule has 0 saturated carbocycles. The fraction of sp³-hybridized carbons (Fsp3) is 0.200. The molecule has 2 N–H and O–H groups in total. The molecule has 0 aliphatic rings. The molecule has 0 unspecified atom stereocenters. The van der Waals surface area contributed by atoms with Gasteiger partial charge < -0.3 is 20.1 Å². The van der Waals surface area contributed by atoms with Crippen LogP contribution in [0.4, 0.5) is 16.5 Å². The van der Waals surface area contributed by atoms with E-state index in [2.05, 4.69) is 15.6 Å². The third kappa shape index (κ3) is 4.38. The van der Waals surface area contributed by atoms with Crippen molar-refractivity contribution in [3.05, 3.63) is 58.6 Å². The van der Waals surface area contributed by atoms with Crippen molar-refractivity contribution in [2.75, 3.05) is 24.9 Å². The van der Waals surface area contributed by atoms with Crippen LogP contribution in [-0.4, -0.2) is 25.1 Å². The summed E-state index contributed by atoms with van der Waals surface area (Å²) >= 11 is 1.35. The van der Waals surface area contributed by atoms with Crippen LogP contribution in [0.5, 0.6) is 11.5 Å². The molecule has 1 amide bonds. The molecule has 1 aromatic heterocycles. The smallest absolute Gasteiger partial charge is 0.275 e. The van der Waals surface area contributed by atoms with Gasteiger partial charge in [-0.25, -0.2) is 4.98 Å². The third-order valence-corrected chi connectivity index (χ3v) is 4.91. The standard InChI is InChI=1S/C20H21N3O3S/c1-12-5-6-14(9-13(12)2)21-19(24)17-11-27-20(23-17)22-16-8-7-15(25-3)10-18(16)26-4/h5-11H,1-4H3,(H,21,24)(H,22,23). The van der Waals surface area contributed by atoms with Gasteiger partial charge in [-0.3, -0.25) is 4.79 Å².